The number of aryl methyl sites for hydroxylation is 2. The van der Waals surface area contributed by atoms with E-state index >= 15 is 0 Å². The monoisotopic (exact) mass is 498 g/mol. The largest absolute Gasteiger partial charge is 0.340 e. The lowest BCUT2D eigenvalue weighted by Crippen LogP contribution is -2.50. The fourth-order valence-electron chi connectivity index (χ4n) is 3.29. The highest BCUT2D eigenvalue weighted by Gasteiger charge is 2.31. The van der Waals surface area contributed by atoms with Gasteiger partial charge in [-0.3, -0.25) is 9.59 Å². The quantitative estimate of drug-likeness (QED) is 0.569. The molecule has 2 heterocycles. The molecule has 0 aliphatic carbocycles. The van der Waals surface area contributed by atoms with Crippen LogP contribution in [-0.4, -0.2) is 55.5 Å². The number of hydrogen-bond acceptors (Lipinski definition) is 5. The molecule has 0 atom stereocenters. The van der Waals surface area contributed by atoms with E-state index in [2.05, 4.69) is 15.9 Å². The van der Waals surface area contributed by atoms with Crippen molar-refractivity contribution in [3.05, 3.63) is 50.8 Å². The van der Waals surface area contributed by atoms with Crippen LogP contribution in [0.5, 0.6) is 0 Å². The van der Waals surface area contributed by atoms with Crippen LogP contribution in [0.2, 0.25) is 0 Å². The zero-order chi connectivity index (χ0) is 21.2. The van der Waals surface area contributed by atoms with Crippen molar-refractivity contribution in [1.82, 2.24) is 9.21 Å². The first-order valence-electron chi connectivity index (χ1n) is 9.32. The molecule has 2 aromatic rings. The van der Waals surface area contributed by atoms with Gasteiger partial charge in [0.1, 0.15) is 4.21 Å². The van der Waals surface area contributed by atoms with Crippen LogP contribution in [-0.2, 0) is 14.8 Å². The maximum absolute atomic E-state index is 12.7. The van der Waals surface area contributed by atoms with E-state index < -0.39 is 10.0 Å². The van der Waals surface area contributed by atoms with E-state index in [4.69, 9.17) is 0 Å². The summed E-state index contributed by atoms with van der Waals surface area (Å²) in [6.07, 6.45) is 0.293. The number of piperazine rings is 1. The Bertz CT molecular complexity index is 1020. The highest BCUT2D eigenvalue weighted by Crippen LogP contribution is 2.29. The second-order valence-electron chi connectivity index (χ2n) is 7.08. The molecule has 3 rings (SSSR count). The number of halogens is 1. The first-order valence-corrected chi connectivity index (χ1v) is 12.4. The minimum absolute atomic E-state index is 0.0379. The first-order chi connectivity index (χ1) is 13.7. The van der Waals surface area contributed by atoms with Gasteiger partial charge in [-0.15, -0.1) is 11.3 Å². The number of sulfonamides is 1. The van der Waals surface area contributed by atoms with E-state index in [9.17, 15) is 18.0 Å². The van der Waals surface area contributed by atoms with Gasteiger partial charge in [0.2, 0.25) is 5.91 Å². The van der Waals surface area contributed by atoms with Gasteiger partial charge in [-0.25, -0.2) is 8.42 Å². The minimum atomic E-state index is -3.53. The van der Waals surface area contributed by atoms with E-state index in [1.807, 2.05) is 32.0 Å². The van der Waals surface area contributed by atoms with Gasteiger partial charge in [0.15, 0.2) is 5.78 Å². The normalized spacial score (nSPS) is 15.5. The molecule has 0 bridgehead atoms. The fraction of sp³-hybridized carbons (Fsp3) is 0.400. The molecule has 6 nitrogen and oxygen atoms in total. The Balaban J connectivity index is 1.54. The van der Waals surface area contributed by atoms with Gasteiger partial charge >= 0.3 is 0 Å². The number of benzene rings is 1. The second-order valence-corrected chi connectivity index (χ2v) is 11.7. The Kier molecular flexibility index (Phi) is 6.93. The minimum Gasteiger partial charge on any atom is -0.340 e. The average Bonchev–Trinajstić information content (AvgIpc) is 3.15. The molecule has 1 aromatic carbocycles. The number of amides is 1. The summed E-state index contributed by atoms with van der Waals surface area (Å²) >= 11 is 4.46. The number of rotatable bonds is 6. The van der Waals surface area contributed by atoms with Crippen LogP contribution >= 0.6 is 27.3 Å². The van der Waals surface area contributed by atoms with Gasteiger partial charge in [0.05, 0.1) is 3.79 Å². The number of thiophene rings is 1. The van der Waals surface area contributed by atoms with Gasteiger partial charge in [0.25, 0.3) is 10.0 Å². The lowest BCUT2D eigenvalue weighted by atomic mass is 9.99. The van der Waals surface area contributed by atoms with Gasteiger partial charge in [0, 0.05) is 44.6 Å². The van der Waals surface area contributed by atoms with Crippen molar-refractivity contribution in [2.75, 3.05) is 26.2 Å². The molecular formula is C20H23BrN2O4S2. The van der Waals surface area contributed by atoms with Gasteiger partial charge in [-0.1, -0.05) is 17.7 Å². The second kappa shape index (κ2) is 9.07. The van der Waals surface area contributed by atoms with Crippen molar-refractivity contribution < 1.29 is 18.0 Å². The predicted octanol–water partition coefficient (Wildman–Crippen LogP) is 3.62. The molecule has 0 unspecified atom stereocenters. The summed E-state index contributed by atoms with van der Waals surface area (Å²) in [5, 5.41) is 0. The number of hydrogen-bond donors (Lipinski definition) is 0. The van der Waals surface area contributed by atoms with Crippen molar-refractivity contribution in [1.29, 1.82) is 0 Å². The lowest BCUT2D eigenvalue weighted by Gasteiger charge is -2.33. The van der Waals surface area contributed by atoms with E-state index in [0.29, 0.717) is 22.9 Å². The zero-order valence-corrected chi connectivity index (χ0v) is 19.6. The Morgan fingerprint density at radius 3 is 2.34 bits per heavy atom. The van der Waals surface area contributed by atoms with Crippen molar-refractivity contribution in [2.45, 2.75) is 30.9 Å². The number of carbonyl (C=O) groups excluding carboxylic acids is 2. The lowest BCUT2D eigenvalue weighted by molar-refractivity contribution is -0.132. The maximum Gasteiger partial charge on any atom is 0.252 e. The Hall–Kier alpha value is -1.55. The maximum atomic E-state index is 12.7. The first kappa shape index (κ1) is 22.1. The molecule has 1 saturated heterocycles. The number of Topliss-reactive ketones (excluding diaryl/α,β-unsaturated/α-hetero) is 1. The van der Waals surface area contributed by atoms with Gasteiger partial charge < -0.3 is 4.90 Å². The predicted molar refractivity (Wildman–Crippen MR) is 117 cm³/mol. The zero-order valence-electron chi connectivity index (χ0n) is 16.4. The molecule has 1 amide bonds. The summed E-state index contributed by atoms with van der Waals surface area (Å²) in [5.41, 5.74) is 2.59. The molecule has 9 heteroatoms. The number of nitrogens with zero attached hydrogens (tertiary/aromatic N) is 2. The third kappa shape index (κ3) is 5.14. The van der Waals surface area contributed by atoms with E-state index in [-0.39, 0.29) is 37.6 Å². The highest BCUT2D eigenvalue weighted by molar-refractivity contribution is 9.11. The summed E-state index contributed by atoms with van der Waals surface area (Å²) in [4.78, 5) is 26.6. The standard InChI is InChI=1S/C20H23BrN2O4S2/c1-14-3-4-15(2)16(13-14)17(24)5-7-19(25)22-9-11-23(12-10-22)29(26,27)20-8-6-18(21)28-20/h3-4,6,8,13H,5,7,9-12H2,1-2H3. The average molecular weight is 499 g/mol. The fourth-order valence-corrected chi connectivity index (χ4v) is 6.88. The van der Waals surface area contributed by atoms with Crippen LogP contribution in [0.3, 0.4) is 0 Å². The van der Waals surface area contributed by atoms with E-state index in [0.717, 1.165) is 14.9 Å². The molecule has 1 aliphatic heterocycles. The molecule has 1 fully saturated rings. The topological polar surface area (TPSA) is 74.8 Å². The summed E-state index contributed by atoms with van der Waals surface area (Å²) < 4.78 is 27.8. The van der Waals surface area contributed by atoms with Crippen LogP contribution < -0.4 is 0 Å². The molecule has 0 radical (unpaired) electrons. The molecule has 156 valence electrons. The highest BCUT2D eigenvalue weighted by atomic mass is 79.9. The summed E-state index contributed by atoms with van der Waals surface area (Å²) in [7, 11) is -3.53. The molecule has 0 saturated carbocycles. The van der Waals surface area contributed by atoms with Crippen molar-refractivity contribution in [3.63, 3.8) is 0 Å². The summed E-state index contributed by atoms with van der Waals surface area (Å²) in [5.74, 6) is -0.149. The third-order valence-electron chi connectivity index (χ3n) is 4.99. The van der Waals surface area contributed by atoms with Gasteiger partial charge in [-0.2, -0.15) is 4.31 Å². The van der Waals surface area contributed by atoms with Crippen molar-refractivity contribution in [2.24, 2.45) is 0 Å². The molecule has 29 heavy (non-hydrogen) atoms. The molecular weight excluding hydrogens is 476 g/mol. The van der Waals surface area contributed by atoms with E-state index in [1.165, 1.54) is 15.6 Å². The van der Waals surface area contributed by atoms with Crippen LogP contribution in [0.4, 0.5) is 0 Å². The van der Waals surface area contributed by atoms with Gasteiger partial charge in [-0.05, 0) is 53.5 Å². The molecule has 1 aromatic heterocycles. The number of ketones is 1. The smallest absolute Gasteiger partial charge is 0.252 e. The Morgan fingerprint density at radius 1 is 1.03 bits per heavy atom. The Labute approximate surface area is 183 Å². The molecule has 0 N–H and O–H groups in total. The van der Waals surface area contributed by atoms with E-state index in [1.54, 1.807) is 17.0 Å². The third-order valence-corrected chi connectivity index (χ3v) is 8.98. The molecule has 1 aliphatic rings. The van der Waals surface area contributed by atoms with Crippen molar-refractivity contribution in [3.8, 4) is 0 Å². The summed E-state index contributed by atoms with van der Waals surface area (Å²) in [6, 6.07) is 9.02. The Morgan fingerprint density at radius 2 is 1.72 bits per heavy atom. The van der Waals surface area contributed by atoms with Crippen molar-refractivity contribution >= 4 is 49.0 Å². The SMILES string of the molecule is Cc1ccc(C)c(C(=O)CCC(=O)N2CCN(S(=O)(=O)c3ccc(Br)s3)CC2)c1. The van der Waals surface area contributed by atoms with Crippen LogP contribution in [0, 0.1) is 13.8 Å². The van der Waals surface area contributed by atoms with Crippen LogP contribution in [0.1, 0.15) is 34.3 Å². The van der Waals surface area contributed by atoms with Crippen LogP contribution in [0.25, 0.3) is 0 Å². The van der Waals surface area contributed by atoms with Crippen LogP contribution in [0.15, 0.2) is 38.3 Å². The molecule has 0 spiro atoms. The number of carbonyl (C=O) groups is 2. The summed E-state index contributed by atoms with van der Waals surface area (Å²) in [6.45, 7) is 5.01.